The highest BCUT2D eigenvalue weighted by Crippen LogP contribution is 2.22. The van der Waals surface area contributed by atoms with Gasteiger partial charge in [-0.1, -0.05) is 24.4 Å². The van der Waals surface area contributed by atoms with Crippen LogP contribution in [0, 0.1) is 0 Å². The Balaban J connectivity index is 1.93. The van der Waals surface area contributed by atoms with Crippen LogP contribution in [-0.2, 0) is 10.0 Å². The second-order valence-electron chi connectivity index (χ2n) is 5.34. The maximum atomic E-state index is 12.2. The molecule has 0 atom stereocenters. The summed E-state index contributed by atoms with van der Waals surface area (Å²) in [6.45, 7) is 3.19. The van der Waals surface area contributed by atoms with Crippen molar-refractivity contribution in [3.63, 3.8) is 0 Å². The number of benzene rings is 1. The molecule has 0 aromatic heterocycles. The monoisotopic (exact) mass is 331 g/mol. The minimum atomic E-state index is -3.61. The van der Waals surface area contributed by atoms with Gasteiger partial charge in [-0.05, 0) is 44.1 Å². The summed E-state index contributed by atoms with van der Waals surface area (Å²) in [4.78, 5) is 2.35. The second kappa shape index (κ2) is 7.45. The zero-order valence-corrected chi connectivity index (χ0v) is 13.6. The van der Waals surface area contributed by atoms with Crippen LogP contribution in [0.4, 0.5) is 5.69 Å². The number of likely N-dealkylation sites (tertiary alicyclic amines) is 1. The lowest BCUT2D eigenvalue weighted by Gasteiger charge is -2.19. The highest BCUT2D eigenvalue weighted by Gasteiger charge is 2.18. The number of sulfonamides is 1. The number of halogens is 1. The molecule has 0 bridgehead atoms. The van der Waals surface area contributed by atoms with E-state index >= 15 is 0 Å². The van der Waals surface area contributed by atoms with Crippen molar-refractivity contribution < 1.29 is 8.42 Å². The number of nitrogens with one attached hydrogen (secondary N) is 1. The number of nitrogens with zero attached hydrogens (tertiary/aromatic N) is 1. The zero-order chi connectivity index (χ0) is 15.3. The Bertz CT molecular complexity index is 570. The molecule has 5 nitrogen and oxygen atoms in total. The summed E-state index contributed by atoms with van der Waals surface area (Å²) in [5.41, 5.74) is 5.93. The molecule has 1 aromatic rings. The predicted octanol–water partition coefficient (Wildman–Crippen LogP) is 2.08. The van der Waals surface area contributed by atoms with E-state index in [2.05, 4.69) is 9.62 Å². The van der Waals surface area contributed by atoms with E-state index in [0.717, 1.165) is 19.6 Å². The molecule has 0 radical (unpaired) electrons. The third-order valence-corrected chi connectivity index (χ3v) is 5.44. The van der Waals surface area contributed by atoms with E-state index in [1.54, 1.807) is 6.07 Å². The second-order valence-corrected chi connectivity index (χ2v) is 7.51. The van der Waals surface area contributed by atoms with Crippen molar-refractivity contribution in [2.75, 3.05) is 31.9 Å². The lowest BCUT2D eigenvalue weighted by molar-refractivity contribution is 0.290. The molecule has 2 rings (SSSR count). The van der Waals surface area contributed by atoms with Gasteiger partial charge in [-0.15, -0.1) is 0 Å². The lowest BCUT2D eigenvalue weighted by Crippen LogP contribution is -2.35. The Labute approximate surface area is 131 Å². The number of nitrogens with two attached hydrogens (primary N) is 1. The maximum absolute atomic E-state index is 12.2. The first-order valence-electron chi connectivity index (χ1n) is 7.26. The first-order valence-corrected chi connectivity index (χ1v) is 9.12. The summed E-state index contributed by atoms with van der Waals surface area (Å²) in [7, 11) is -3.61. The summed E-state index contributed by atoms with van der Waals surface area (Å²) in [6.07, 6.45) is 4.91. The Hall–Kier alpha value is -0.820. The van der Waals surface area contributed by atoms with Gasteiger partial charge >= 0.3 is 0 Å². The zero-order valence-electron chi connectivity index (χ0n) is 12.0. The van der Waals surface area contributed by atoms with E-state index in [1.807, 2.05) is 0 Å². The van der Waals surface area contributed by atoms with Gasteiger partial charge in [0.1, 0.15) is 4.90 Å². The molecule has 1 aliphatic heterocycles. The van der Waals surface area contributed by atoms with Crippen molar-refractivity contribution in [3.8, 4) is 0 Å². The van der Waals surface area contributed by atoms with Crippen LogP contribution in [-0.4, -0.2) is 39.5 Å². The minimum Gasteiger partial charge on any atom is -0.398 e. The summed E-state index contributed by atoms with van der Waals surface area (Å²) in [5, 5.41) is 0.358. The van der Waals surface area contributed by atoms with Crippen molar-refractivity contribution in [1.82, 2.24) is 9.62 Å². The van der Waals surface area contributed by atoms with E-state index in [0.29, 0.717) is 11.6 Å². The molecule has 0 spiro atoms. The van der Waals surface area contributed by atoms with Gasteiger partial charge in [0.15, 0.2) is 0 Å². The van der Waals surface area contributed by atoms with Gasteiger partial charge in [-0.25, -0.2) is 13.1 Å². The van der Waals surface area contributed by atoms with Crippen LogP contribution in [0.2, 0.25) is 5.02 Å². The molecule has 1 aromatic carbocycles. The Morgan fingerprint density at radius 3 is 2.52 bits per heavy atom. The van der Waals surface area contributed by atoms with Crippen molar-refractivity contribution in [2.45, 2.75) is 30.6 Å². The van der Waals surface area contributed by atoms with Crippen molar-refractivity contribution in [2.24, 2.45) is 0 Å². The van der Waals surface area contributed by atoms with E-state index in [1.165, 1.54) is 37.8 Å². The van der Waals surface area contributed by atoms with Crippen molar-refractivity contribution in [3.05, 3.63) is 23.2 Å². The molecule has 1 heterocycles. The standard InChI is InChI=1S/C14H22ClN3O2S/c15-12-5-6-13(16)14(11-12)21(19,20)17-7-10-18-8-3-1-2-4-9-18/h5-6,11,17H,1-4,7-10,16H2. The van der Waals surface area contributed by atoms with Crippen LogP contribution in [0.3, 0.4) is 0 Å². The molecule has 0 amide bonds. The molecule has 7 heteroatoms. The number of hydrogen-bond acceptors (Lipinski definition) is 4. The quantitative estimate of drug-likeness (QED) is 0.810. The summed E-state index contributed by atoms with van der Waals surface area (Å²) in [6, 6.07) is 4.46. The molecule has 0 aliphatic carbocycles. The molecule has 1 fully saturated rings. The van der Waals surface area contributed by atoms with Gasteiger partial charge in [0, 0.05) is 18.1 Å². The molecular weight excluding hydrogens is 310 g/mol. The molecule has 118 valence electrons. The van der Waals surface area contributed by atoms with Crippen LogP contribution < -0.4 is 10.5 Å². The largest absolute Gasteiger partial charge is 0.398 e. The molecule has 0 saturated carbocycles. The van der Waals surface area contributed by atoms with E-state index in [-0.39, 0.29) is 10.6 Å². The average molecular weight is 332 g/mol. The third kappa shape index (κ3) is 4.85. The average Bonchev–Trinajstić information content (AvgIpc) is 2.70. The summed E-state index contributed by atoms with van der Waals surface area (Å²) >= 11 is 5.84. The highest BCUT2D eigenvalue weighted by atomic mass is 35.5. The third-order valence-electron chi connectivity index (χ3n) is 3.68. The topological polar surface area (TPSA) is 75.4 Å². The Kier molecular flexibility index (Phi) is 5.87. The van der Waals surface area contributed by atoms with Crippen LogP contribution in [0.5, 0.6) is 0 Å². The molecule has 21 heavy (non-hydrogen) atoms. The van der Waals surface area contributed by atoms with Gasteiger partial charge in [0.05, 0.1) is 5.69 Å². The van der Waals surface area contributed by atoms with Crippen LogP contribution >= 0.6 is 11.6 Å². The molecule has 1 aliphatic rings. The van der Waals surface area contributed by atoms with E-state index in [9.17, 15) is 8.42 Å². The summed E-state index contributed by atoms with van der Waals surface area (Å²) in [5.74, 6) is 0. The van der Waals surface area contributed by atoms with Gasteiger partial charge < -0.3 is 10.6 Å². The number of nitrogen functional groups attached to an aromatic ring is 1. The lowest BCUT2D eigenvalue weighted by atomic mass is 10.2. The van der Waals surface area contributed by atoms with Gasteiger partial charge in [-0.2, -0.15) is 0 Å². The van der Waals surface area contributed by atoms with Crippen molar-refractivity contribution >= 4 is 27.3 Å². The molecule has 0 unspecified atom stereocenters. The maximum Gasteiger partial charge on any atom is 0.242 e. The van der Waals surface area contributed by atoms with Crippen molar-refractivity contribution in [1.29, 1.82) is 0 Å². The molecular formula is C14H22ClN3O2S. The number of rotatable bonds is 5. The predicted molar refractivity (Wildman–Crippen MR) is 86.0 cm³/mol. The van der Waals surface area contributed by atoms with E-state index in [4.69, 9.17) is 17.3 Å². The Morgan fingerprint density at radius 2 is 1.86 bits per heavy atom. The van der Waals surface area contributed by atoms with Crippen LogP contribution in [0.1, 0.15) is 25.7 Å². The molecule has 1 saturated heterocycles. The fourth-order valence-electron chi connectivity index (χ4n) is 2.52. The van der Waals surface area contributed by atoms with E-state index < -0.39 is 10.0 Å². The minimum absolute atomic E-state index is 0.0471. The first-order chi connectivity index (χ1) is 9.99. The van der Waals surface area contributed by atoms with Gasteiger partial charge in [0.2, 0.25) is 10.0 Å². The first kappa shape index (κ1) is 16.5. The van der Waals surface area contributed by atoms with Gasteiger partial charge in [-0.3, -0.25) is 0 Å². The van der Waals surface area contributed by atoms with Crippen LogP contribution in [0.15, 0.2) is 23.1 Å². The summed E-state index contributed by atoms with van der Waals surface area (Å²) < 4.78 is 27.1. The molecule has 3 N–H and O–H groups in total. The smallest absolute Gasteiger partial charge is 0.242 e. The van der Waals surface area contributed by atoms with Gasteiger partial charge in [0.25, 0.3) is 0 Å². The normalized spacial score (nSPS) is 17.6. The fourth-order valence-corrected chi connectivity index (χ4v) is 3.93. The SMILES string of the molecule is Nc1ccc(Cl)cc1S(=O)(=O)NCCN1CCCCCC1. The fraction of sp³-hybridized carbons (Fsp3) is 0.571. The number of hydrogen-bond donors (Lipinski definition) is 2. The highest BCUT2D eigenvalue weighted by molar-refractivity contribution is 7.89. The number of anilines is 1. The van der Waals surface area contributed by atoms with Crippen LogP contribution in [0.25, 0.3) is 0 Å². The Morgan fingerprint density at radius 1 is 1.19 bits per heavy atom.